The molecule has 0 radical (unpaired) electrons. The molecule has 8 nitrogen and oxygen atoms in total. The van der Waals surface area contributed by atoms with E-state index in [0.717, 1.165) is 11.4 Å². The molecule has 0 spiro atoms. The molecule has 0 unspecified atom stereocenters. The van der Waals surface area contributed by atoms with Crippen LogP contribution in [-0.2, 0) is 25.6 Å². The first-order valence-electron chi connectivity index (χ1n) is 8.51. The Hall–Kier alpha value is -1.93. The third-order valence-corrected chi connectivity index (χ3v) is 4.46. The first-order chi connectivity index (χ1) is 11.8. The van der Waals surface area contributed by atoms with Gasteiger partial charge < -0.3 is 19.7 Å². The molecule has 1 atom stereocenters. The van der Waals surface area contributed by atoms with Gasteiger partial charge in [-0.1, -0.05) is 0 Å². The minimum absolute atomic E-state index is 0.0446. The summed E-state index contributed by atoms with van der Waals surface area (Å²) in [6, 6.07) is 2.00. The second kappa shape index (κ2) is 8.44. The van der Waals surface area contributed by atoms with Gasteiger partial charge in [0.05, 0.1) is 38.4 Å². The van der Waals surface area contributed by atoms with Gasteiger partial charge in [0, 0.05) is 32.8 Å². The molecule has 1 saturated heterocycles. The van der Waals surface area contributed by atoms with Crippen LogP contribution in [0.3, 0.4) is 0 Å². The zero-order chi connectivity index (χ0) is 18.4. The minimum Gasteiger partial charge on any atom is -0.377 e. The van der Waals surface area contributed by atoms with Crippen LogP contribution in [0.25, 0.3) is 0 Å². The summed E-state index contributed by atoms with van der Waals surface area (Å²) in [6.45, 7) is 8.14. The Balaban J connectivity index is 1.89. The van der Waals surface area contributed by atoms with E-state index >= 15 is 0 Å². The predicted octanol–water partition coefficient (Wildman–Crippen LogP) is 0.270. The van der Waals surface area contributed by atoms with Gasteiger partial charge in [0.25, 0.3) is 0 Å². The first kappa shape index (κ1) is 19.4. The van der Waals surface area contributed by atoms with Crippen LogP contribution in [-0.4, -0.2) is 72.1 Å². The van der Waals surface area contributed by atoms with Crippen molar-refractivity contribution in [2.24, 2.45) is 0 Å². The highest BCUT2D eigenvalue weighted by Gasteiger charge is 2.38. The van der Waals surface area contributed by atoms with Gasteiger partial charge in [0.15, 0.2) is 0 Å². The maximum Gasteiger partial charge on any atom is 0.223 e. The summed E-state index contributed by atoms with van der Waals surface area (Å²) in [5, 5.41) is 7.27. The number of aryl methyl sites for hydroxylation is 2. The van der Waals surface area contributed by atoms with Gasteiger partial charge >= 0.3 is 0 Å². The Morgan fingerprint density at radius 3 is 2.80 bits per heavy atom. The number of aromatic nitrogens is 2. The lowest BCUT2D eigenvalue weighted by atomic mass is 9.99. The number of ether oxygens (including phenoxy) is 2. The summed E-state index contributed by atoms with van der Waals surface area (Å²) in [5.74, 6) is -0.172. The lowest BCUT2D eigenvalue weighted by Crippen LogP contribution is -2.50. The van der Waals surface area contributed by atoms with Gasteiger partial charge in [0.2, 0.25) is 11.8 Å². The number of methoxy groups -OCH3 is 1. The van der Waals surface area contributed by atoms with Crippen LogP contribution in [0.1, 0.15) is 24.7 Å². The molecule has 1 aliphatic rings. The fraction of sp³-hybridized carbons (Fsp3) is 0.706. The number of nitrogens with zero attached hydrogens (tertiary/aromatic N) is 3. The first-order valence-corrected chi connectivity index (χ1v) is 8.51. The van der Waals surface area contributed by atoms with E-state index in [1.54, 1.807) is 12.0 Å². The molecule has 2 amide bonds. The highest BCUT2D eigenvalue weighted by Crippen LogP contribution is 2.21. The summed E-state index contributed by atoms with van der Waals surface area (Å²) in [7, 11) is 1.55. The fourth-order valence-electron chi connectivity index (χ4n) is 3.03. The van der Waals surface area contributed by atoms with Crippen molar-refractivity contribution in [3.8, 4) is 0 Å². The predicted molar refractivity (Wildman–Crippen MR) is 92.1 cm³/mol. The van der Waals surface area contributed by atoms with Crippen molar-refractivity contribution in [3.63, 3.8) is 0 Å². The Bertz CT molecular complexity index is 616. The van der Waals surface area contributed by atoms with Crippen LogP contribution in [0.2, 0.25) is 0 Å². The Kier molecular flexibility index (Phi) is 6.55. The topological polar surface area (TPSA) is 85.7 Å². The Morgan fingerprint density at radius 1 is 1.44 bits per heavy atom. The van der Waals surface area contributed by atoms with E-state index in [4.69, 9.17) is 9.47 Å². The molecule has 0 saturated carbocycles. The minimum atomic E-state index is -0.815. The normalized spacial score (nSPS) is 21.0. The van der Waals surface area contributed by atoms with E-state index in [1.807, 2.05) is 24.6 Å². The zero-order valence-corrected chi connectivity index (χ0v) is 15.5. The van der Waals surface area contributed by atoms with E-state index in [1.165, 1.54) is 6.92 Å². The van der Waals surface area contributed by atoms with Gasteiger partial charge in [-0.25, -0.2) is 0 Å². The molecule has 25 heavy (non-hydrogen) atoms. The van der Waals surface area contributed by atoms with Gasteiger partial charge in [-0.05, 0) is 19.9 Å². The van der Waals surface area contributed by atoms with Crippen LogP contribution in [0.4, 0.5) is 0 Å². The molecule has 1 N–H and O–H groups in total. The quantitative estimate of drug-likeness (QED) is 0.794. The van der Waals surface area contributed by atoms with Crippen molar-refractivity contribution in [1.82, 2.24) is 20.0 Å². The van der Waals surface area contributed by atoms with Crippen LogP contribution < -0.4 is 5.32 Å². The number of nitrogens with one attached hydrogen (secondary N) is 1. The van der Waals surface area contributed by atoms with E-state index < -0.39 is 5.60 Å². The van der Waals surface area contributed by atoms with Crippen molar-refractivity contribution in [3.05, 3.63) is 17.5 Å². The van der Waals surface area contributed by atoms with Gasteiger partial charge in [-0.3, -0.25) is 14.3 Å². The van der Waals surface area contributed by atoms with Crippen LogP contribution in [0.15, 0.2) is 6.07 Å². The third-order valence-electron chi connectivity index (χ3n) is 4.46. The van der Waals surface area contributed by atoms with Gasteiger partial charge in [-0.15, -0.1) is 0 Å². The van der Waals surface area contributed by atoms with Crippen molar-refractivity contribution in [1.29, 1.82) is 0 Å². The number of hydrogen-bond donors (Lipinski definition) is 1. The smallest absolute Gasteiger partial charge is 0.223 e. The van der Waals surface area contributed by atoms with Crippen molar-refractivity contribution >= 4 is 11.8 Å². The molecule has 140 valence electrons. The molecule has 1 fully saturated rings. The number of carbonyl (C=O) groups excluding carboxylic acids is 2. The van der Waals surface area contributed by atoms with Crippen LogP contribution in [0, 0.1) is 13.8 Å². The second-order valence-corrected chi connectivity index (χ2v) is 6.56. The Morgan fingerprint density at radius 2 is 2.20 bits per heavy atom. The van der Waals surface area contributed by atoms with Crippen molar-refractivity contribution in [2.45, 2.75) is 39.3 Å². The SMILES string of the molecule is CO[C@@]1(CC(=O)NCCn2nc(C)cc2C)COCCN(C(C)=O)C1. The summed E-state index contributed by atoms with van der Waals surface area (Å²) in [5.41, 5.74) is 1.21. The molecule has 2 heterocycles. The van der Waals surface area contributed by atoms with Crippen LogP contribution >= 0.6 is 0 Å². The van der Waals surface area contributed by atoms with E-state index in [9.17, 15) is 9.59 Å². The van der Waals surface area contributed by atoms with E-state index in [0.29, 0.717) is 32.8 Å². The number of amides is 2. The second-order valence-electron chi connectivity index (χ2n) is 6.56. The summed E-state index contributed by atoms with van der Waals surface area (Å²) in [4.78, 5) is 25.7. The molecule has 1 aromatic rings. The summed E-state index contributed by atoms with van der Waals surface area (Å²) >= 11 is 0. The molecule has 8 heteroatoms. The molecular formula is C17H28N4O4. The molecule has 0 bridgehead atoms. The molecule has 2 rings (SSSR count). The lowest BCUT2D eigenvalue weighted by molar-refractivity contribution is -0.139. The van der Waals surface area contributed by atoms with Gasteiger partial charge in [-0.2, -0.15) is 5.10 Å². The fourth-order valence-corrected chi connectivity index (χ4v) is 3.03. The van der Waals surface area contributed by atoms with Gasteiger partial charge in [0.1, 0.15) is 5.60 Å². The van der Waals surface area contributed by atoms with E-state index in [2.05, 4.69) is 10.4 Å². The van der Waals surface area contributed by atoms with E-state index in [-0.39, 0.29) is 24.8 Å². The lowest BCUT2D eigenvalue weighted by Gasteiger charge is -2.33. The molecule has 0 aliphatic carbocycles. The number of carbonyl (C=O) groups is 2. The standard InChI is InChI=1S/C17H28N4O4/c1-13-9-14(2)21(19-13)6-5-18-16(23)10-17(24-4)11-20(15(3)22)7-8-25-12-17/h9H,5-8,10-12H2,1-4H3,(H,18,23)/t17-/m1/s1. The largest absolute Gasteiger partial charge is 0.377 e. The molecule has 1 aromatic heterocycles. The highest BCUT2D eigenvalue weighted by atomic mass is 16.5. The molecule has 0 aromatic carbocycles. The summed E-state index contributed by atoms with van der Waals surface area (Å²) < 4.78 is 13.0. The highest BCUT2D eigenvalue weighted by molar-refractivity contribution is 5.77. The number of rotatable bonds is 6. The summed E-state index contributed by atoms with van der Waals surface area (Å²) in [6.07, 6.45) is 0.143. The average Bonchev–Trinajstić information content (AvgIpc) is 2.75. The molecule has 1 aliphatic heterocycles. The maximum atomic E-state index is 12.4. The number of hydrogen-bond acceptors (Lipinski definition) is 5. The monoisotopic (exact) mass is 352 g/mol. The maximum absolute atomic E-state index is 12.4. The van der Waals surface area contributed by atoms with Crippen LogP contribution in [0.5, 0.6) is 0 Å². The Labute approximate surface area is 148 Å². The third kappa shape index (κ3) is 5.27. The zero-order valence-electron chi connectivity index (χ0n) is 15.5. The molecular weight excluding hydrogens is 324 g/mol. The average molecular weight is 352 g/mol. The van der Waals surface area contributed by atoms with Crippen molar-refractivity contribution < 1.29 is 19.1 Å². The van der Waals surface area contributed by atoms with Crippen molar-refractivity contribution in [2.75, 3.05) is 40.0 Å².